The van der Waals surface area contributed by atoms with Crippen LogP contribution >= 0.6 is 0 Å². The molecule has 43 heavy (non-hydrogen) atoms. The van der Waals surface area contributed by atoms with Crippen LogP contribution in [0, 0.1) is 11.3 Å². The zero-order valence-corrected chi connectivity index (χ0v) is 22.7. The molecular formula is C29H20F6N4O3S. The normalized spacial score (nSPS) is 13.5. The Morgan fingerprint density at radius 3 is 2.21 bits per heavy atom. The molecule has 7 nitrogen and oxygen atoms in total. The maximum Gasteiger partial charge on any atom is 0.573 e. The summed E-state index contributed by atoms with van der Waals surface area (Å²) in [5.41, 5.74) is 0.0903. The van der Waals surface area contributed by atoms with Gasteiger partial charge in [0.2, 0.25) is 0 Å². The van der Waals surface area contributed by atoms with Crippen LogP contribution in [-0.4, -0.2) is 19.8 Å². The number of nitriles is 1. The van der Waals surface area contributed by atoms with E-state index in [1.54, 1.807) is 36.4 Å². The van der Waals surface area contributed by atoms with E-state index in [2.05, 4.69) is 9.72 Å². The zero-order valence-electron chi connectivity index (χ0n) is 21.9. The lowest BCUT2D eigenvalue weighted by Crippen LogP contribution is -2.31. The van der Waals surface area contributed by atoms with E-state index in [4.69, 9.17) is 0 Å². The summed E-state index contributed by atoms with van der Waals surface area (Å²) in [6, 6.07) is 20.7. The average Bonchev–Trinajstić information content (AvgIpc) is 3.08. The van der Waals surface area contributed by atoms with Gasteiger partial charge in [0.05, 0.1) is 35.3 Å². The van der Waals surface area contributed by atoms with Crippen LogP contribution in [0.15, 0.2) is 89.8 Å². The van der Waals surface area contributed by atoms with Crippen LogP contribution in [0.25, 0.3) is 0 Å². The molecule has 0 amide bonds. The molecule has 3 aromatic carbocycles. The smallest absolute Gasteiger partial charge is 0.406 e. The van der Waals surface area contributed by atoms with Gasteiger partial charge in [-0.1, -0.05) is 48.5 Å². The number of para-hydroxylation sites is 1. The highest BCUT2D eigenvalue weighted by Crippen LogP contribution is 2.46. The van der Waals surface area contributed by atoms with Gasteiger partial charge in [-0.2, -0.15) is 18.4 Å². The highest BCUT2D eigenvalue weighted by atomic mass is 32.2. The number of halogens is 6. The molecule has 4 aromatic rings. The first-order valence-electron chi connectivity index (χ1n) is 12.5. The van der Waals surface area contributed by atoms with E-state index in [9.17, 15) is 40.0 Å². The molecule has 0 bridgehead atoms. The van der Waals surface area contributed by atoms with Gasteiger partial charge in [0, 0.05) is 12.1 Å². The lowest BCUT2D eigenvalue weighted by atomic mass is 10.1. The molecule has 0 N–H and O–H groups in total. The molecule has 1 aliphatic rings. The van der Waals surface area contributed by atoms with Gasteiger partial charge in [-0.3, -0.25) is 4.31 Å². The van der Waals surface area contributed by atoms with Crippen molar-refractivity contribution < 1.29 is 39.5 Å². The van der Waals surface area contributed by atoms with Crippen molar-refractivity contribution in [2.24, 2.45) is 0 Å². The van der Waals surface area contributed by atoms with Gasteiger partial charge >= 0.3 is 12.5 Å². The van der Waals surface area contributed by atoms with E-state index in [1.165, 1.54) is 17.0 Å². The quantitative estimate of drug-likeness (QED) is 0.214. The van der Waals surface area contributed by atoms with Crippen molar-refractivity contribution >= 4 is 27.2 Å². The Bertz CT molecular complexity index is 1790. The second kappa shape index (κ2) is 11.1. The number of alkyl halides is 6. The first kappa shape index (κ1) is 29.7. The Kier molecular flexibility index (Phi) is 7.70. The van der Waals surface area contributed by atoms with E-state index in [1.807, 2.05) is 6.07 Å². The summed E-state index contributed by atoms with van der Waals surface area (Å²) in [6.07, 6.45) is -10.0. The lowest BCUT2D eigenvalue weighted by molar-refractivity contribution is -0.274. The first-order valence-corrected chi connectivity index (χ1v) is 14.0. The van der Waals surface area contributed by atoms with Gasteiger partial charge in [0.25, 0.3) is 10.0 Å². The Labute approximate surface area is 242 Å². The Balaban J connectivity index is 1.73. The lowest BCUT2D eigenvalue weighted by Gasteiger charge is -2.29. The van der Waals surface area contributed by atoms with Crippen LogP contribution in [0.4, 0.5) is 43.5 Å². The summed E-state index contributed by atoms with van der Waals surface area (Å²) >= 11 is 0. The SMILES string of the molecule is N#CCc1cccc2c1N(S(=O)(=O)c1ccc(OC(F)(F)F)cc1)Cc1ccc(C(F)(F)F)nc1N2Cc1ccccc1. The Hall–Kier alpha value is -4.77. The highest BCUT2D eigenvalue weighted by molar-refractivity contribution is 7.92. The van der Waals surface area contributed by atoms with Crippen LogP contribution in [0.5, 0.6) is 5.75 Å². The molecule has 14 heteroatoms. The van der Waals surface area contributed by atoms with Crippen molar-refractivity contribution in [3.63, 3.8) is 0 Å². The Morgan fingerprint density at radius 2 is 1.58 bits per heavy atom. The van der Waals surface area contributed by atoms with Crippen LogP contribution in [0.2, 0.25) is 0 Å². The van der Waals surface area contributed by atoms with Crippen LogP contribution in [0.3, 0.4) is 0 Å². The summed E-state index contributed by atoms with van der Waals surface area (Å²) in [6.45, 7) is -0.479. The van der Waals surface area contributed by atoms with Crippen molar-refractivity contribution in [3.05, 3.63) is 107 Å². The number of anilines is 3. The van der Waals surface area contributed by atoms with Gasteiger partial charge < -0.3 is 9.64 Å². The number of ether oxygens (including phenoxy) is 1. The minimum atomic E-state index is -5.00. The summed E-state index contributed by atoms with van der Waals surface area (Å²) in [5.74, 6) is -0.781. The third-order valence-electron chi connectivity index (χ3n) is 6.55. The van der Waals surface area contributed by atoms with E-state index >= 15 is 0 Å². The standard InChI is InChI=1S/C29H20F6N4O3S/c30-28(31,32)25-14-9-21-18-39(43(40,41)23-12-10-22(11-13-23)42-29(33,34)35)26-20(15-16-36)7-4-8-24(26)38(27(21)37-25)17-19-5-2-1-3-6-19/h1-14H,15,17-18H2. The number of aromatic nitrogens is 1. The second-order valence-corrected chi connectivity index (χ2v) is 11.3. The number of benzene rings is 3. The van der Waals surface area contributed by atoms with E-state index in [0.717, 1.165) is 40.7 Å². The molecule has 0 spiro atoms. The van der Waals surface area contributed by atoms with Gasteiger partial charge in [0.15, 0.2) is 0 Å². The van der Waals surface area contributed by atoms with E-state index in [-0.39, 0.29) is 41.3 Å². The minimum absolute atomic E-state index is 0.00250. The maximum absolute atomic E-state index is 14.1. The van der Waals surface area contributed by atoms with Crippen molar-refractivity contribution in [3.8, 4) is 11.8 Å². The molecule has 0 radical (unpaired) electrons. The van der Waals surface area contributed by atoms with Crippen LogP contribution in [0.1, 0.15) is 22.4 Å². The summed E-state index contributed by atoms with van der Waals surface area (Å²) in [5, 5.41) is 9.55. The molecule has 0 atom stereocenters. The molecule has 0 fully saturated rings. The van der Waals surface area contributed by atoms with Crippen molar-refractivity contribution in [1.29, 1.82) is 5.26 Å². The summed E-state index contributed by atoms with van der Waals surface area (Å²) in [7, 11) is -4.57. The minimum Gasteiger partial charge on any atom is -0.406 e. The van der Waals surface area contributed by atoms with Gasteiger partial charge in [-0.15, -0.1) is 13.2 Å². The molecule has 2 heterocycles. The number of sulfonamides is 1. The Morgan fingerprint density at radius 1 is 0.884 bits per heavy atom. The monoisotopic (exact) mass is 618 g/mol. The van der Waals surface area contributed by atoms with Gasteiger partial charge in [0.1, 0.15) is 17.3 Å². The molecule has 222 valence electrons. The van der Waals surface area contributed by atoms with Crippen LogP contribution in [-0.2, 0) is 35.7 Å². The highest BCUT2D eigenvalue weighted by Gasteiger charge is 2.38. The van der Waals surface area contributed by atoms with Crippen molar-refractivity contribution in [2.75, 3.05) is 9.21 Å². The third kappa shape index (κ3) is 6.21. The zero-order chi connectivity index (χ0) is 31.0. The number of rotatable bonds is 6. The fraction of sp³-hybridized carbons (Fsp3) is 0.172. The van der Waals surface area contributed by atoms with E-state index in [0.29, 0.717) is 5.56 Å². The number of pyridine rings is 1. The predicted molar refractivity (Wildman–Crippen MR) is 144 cm³/mol. The first-order chi connectivity index (χ1) is 20.3. The number of hydrogen-bond donors (Lipinski definition) is 0. The van der Waals surface area contributed by atoms with Crippen molar-refractivity contribution in [2.45, 2.75) is 36.9 Å². The number of hydrogen-bond acceptors (Lipinski definition) is 6. The number of fused-ring (bicyclic) bond motifs is 2. The van der Waals surface area contributed by atoms with E-state index < -0.39 is 45.4 Å². The fourth-order valence-electron chi connectivity index (χ4n) is 4.72. The molecular weight excluding hydrogens is 598 g/mol. The largest absolute Gasteiger partial charge is 0.573 e. The average molecular weight is 619 g/mol. The summed E-state index contributed by atoms with van der Waals surface area (Å²) in [4.78, 5) is 4.98. The molecule has 0 saturated heterocycles. The molecule has 5 rings (SSSR count). The predicted octanol–water partition coefficient (Wildman–Crippen LogP) is 7.11. The maximum atomic E-state index is 14.1. The fourth-order valence-corrected chi connectivity index (χ4v) is 6.22. The molecule has 0 aliphatic carbocycles. The van der Waals surface area contributed by atoms with Crippen molar-refractivity contribution in [1.82, 2.24) is 4.98 Å². The van der Waals surface area contributed by atoms with Gasteiger partial charge in [-0.25, -0.2) is 13.4 Å². The number of nitrogens with zero attached hydrogens (tertiary/aromatic N) is 4. The second-order valence-electron chi connectivity index (χ2n) is 9.40. The molecule has 1 aliphatic heterocycles. The van der Waals surface area contributed by atoms with Crippen LogP contribution < -0.4 is 13.9 Å². The topological polar surface area (TPSA) is 86.5 Å². The molecule has 0 saturated carbocycles. The molecule has 0 unspecified atom stereocenters. The summed E-state index contributed by atoms with van der Waals surface area (Å²) < 4.78 is 112. The molecule has 1 aromatic heterocycles. The third-order valence-corrected chi connectivity index (χ3v) is 8.31. The van der Waals surface area contributed by atoms with Gasteiger partial charge in [-0.05, 0) is 47.5 Å².